The normalized spacial score (nSPS) is 13.8. The van der Waals surface area contributed by atoms with Crippen molar-refractivity contribution >= 4 is 25.0 Å². The molecule has 0 unspecified atom stereocenters. The first-order valence-corrected chi connectivity index (χ1v) is 9.58. The molecule has 0 fully saturated rings. The zero-order chi connectivity index (χ0) is 13.8. The molecule has 0 N–H and O–H groups in total. The van der Waals surface area contributed by atoms with Gasteiger partial charge < -0.3 is 4.43 Å². The monoisotopic (exact) mass is 282 g/mol. The van der Waals surface area contributed by atoms with Crippen LogP contribution in [0.15, 0.2) is 36.4 Å². The van der Waals surface area contributed by atoms with E-state index in [0.29, 0.717) is 6.61 Å². The fraction of sp³-hybridized carbons (Fsp3) is 0.467. The van der Waals surface area contributed by atoms with Gasteiger partial charge >= 0.3 is 0 Å². The third-order valence-corrected chi connectivity index (χ3v) is 8.44. The molecular formula is C15H23ClOSi. The summed E-state index contributed by atoms with van der Waals surface area (Å²) in [4.78, 5) is 0. The van der Waals surface area contributed by atoms with E-state index in [1.54, 1.807) is 0 Å². The lowest BCUT2D eigenvalue weighted by atomic mass is 10.2. The number of hydrogen-bond donors (Lipinski definition) is 0. The molecule has 0 heterocycles. The molecule has 3 heteroatoms. The topological polar surface area (TPSA) is 9.23 Å². The van der Waals surface area contributed by atoms with E-state index < -0.39 is 8.32 Å². The Morgan fingerprint density at radius 1 is 1.22 bits per heavy atom. The molecule has 0 aromatic heterocycles. The molecule has 0 radical (unpaired) electrons. The summed E-state index contributed by atoms with van der Waals surface area (Å²) in [5.74, 6) is 0. The van der Waals surface area contributed by atoms with Gasteiger partial charge in [0.1, 0.15) is 0 Å². The summed E-state index contributed by atoms with van der Waals surface area (Å²) in [6, 6.07) is 9.97. The van der Waals surface area contributed by atoms with Crippen LogP contribution in [0.4, 0.5) is 0 Å². The minimum atomic E-state index is -1.68. The van der Waals surface area contributed by atoms with E-state index in [-0.39, 0.29) is 5.04 Å². The van der Waals surface area contributed by atoms with Gasteiger partial charge in [0.2, 0.25) is 0 Å². The van der Waals surface area contributed by atoms with Crippen molar-refractivity contribution in [3.63, 3.8) is 0 Å². The molecule has 0 aliphatic heterocycles. The molecule has 0 aliphatic carbocycles. The Labute approximate surface area is 117 Å². The van der Waals surface area contributed by atoms with Crippen molar-refractivity contribution in [2.45, 2.75) is 38.9 Å². The molecule has 0 spiro atoms. The van der Waals surface area contributed by atoms with Crippen LogP contribution in [0.2, 0.25) is 18.1 Å². The van der Waals surface area contributed by atoms with Crippen molar-refractivity contribution in [3.05, 3.63) is 42.0 Å². The number of halogens is 1. The summed E-state index contributed by atoms with van der Waals surface area (Å²) in [5.41, 5.74) is 1.04. The minimum absolute atomic E-state index is 0.236. The first-order valence-electron chi connectivity index (χ1n) is 6.29. The van der Waals surface area contributed by atoms with Gasteiger partial charge in [-0.1, -0.05) is 62.7 Å². The van der Waals surface area contributed by atoms with E-state index in [4.69, 9.17) is 16.0 Å². The maximum atomic E-state index is 6.25. The Kier molecular flexibility index (Phi) is 5.20. The van der Waals surface area contributed by atoms with Crippen molar-refractivity contribution in [2.75, 3.05) is 6.61 Å². The first-order chi connectivity index (χ1) is 8.24. The highest BCUT2D eigenvalue weighted by molar-refractivity contribution is 6.74. The van der Waals surface area contributed by atoms with Gasteiger partial charge in [-0.2, -0.15) is 0 Å². The van der Waals surface area contributed by atoms with Gasteiger partial charge in [-0.25, -0.2) is 0 Å². The Morgan fingerprint density at radius 2 is 1.78 bits per heavy atom. The molecule has 0 saturated heterocycles. The lowest BCUT2D eigenvalue weighted by molar-refractivity contribution is 0.328. The van der Waals surface area contributed by atoms with Gasteiger partial charge in [0.25, 0.3) is 0 Å². The van der Waals surface area contributed by atoms with Crippen LogP contribution in [0.25, 0.3) is 5.03 Å². The molecule has 1 rings (SSSR count). The summed E-state index contributed by atoms with van der Waals surface area (Å²) in [7, 11) is -1.68. The van der Waals surface area contributed by atoms with E-state index in [9.17, 15) is 0 Å². The first kappa shape index (κ1) is 15.5. The molecule has 0 amide bonds. The van der Waals surface area contributed by atoms with Crippen LogP contribution in [-0.4, -0.2) is 14.9 Å². The molecule has 0 bridgehead atoms. The maximum Gasteiger partial charge on any atom is 0.192 e. The smallest absolute Gasteiger partial charge is 0.192 e. The summed E-state index contributed by atoms with van der Waals surface area (Å²) in [6.45, 7) is 11.8. The Balaban J connectivity index is 2.61. The average Bonchev–Trinajstić information content (AvgIpc) is 2.28. The second kappa shape index (κ2) is 6.05. The third-order valence-electron chi connectivity index (χ3n) is 3.56. The summed E-state index contributed by atoms with van der Waals surface area (Å²) in [5, 5.41) is 0.995. The molecule has 100 valence electrons. The SMILES string of the molecule is CC(C)(C)[Si](C)(C)OCC=C(Cl)c1ccccc1. The van der Waals surface area contributed by atoms with Crippen LogP contribution in [-0.2, 0) is 4.43 Å². The van der Waals surface area contributed by atoms with Gasteiger partial charge in [0.15, 0.2) is 8.32 Å². The van der Waals surface area contributed by atoms with Gasteiger partial charge in [0.05, 0.1) is 6.61 Å². The minimum Gasteiger partial charge on any atom is -0.413 e. The zero-order valence-electron chi connectivity index (χ0n) is 12.0. The van der Waals surface area contributed by atoms with Gasteiger partial charge in [-0.05, 0) is 29.8 Å². The van der Waals surface area contributed by atoms with Crippen LogP contribution in [0.3, 0.4) is 0 Å². The highest BCUT2D eigenvalue weighted by Gasteiger charge is 2.36. The van der Waals surface area contributed by atoms with Crippen molar-refractivity contribution in [2.24, 2.45) is 0 Å². The summed E-state index contributed by atoms with van der Waals surface area (Å²) < 4.78 is 6.06. The predicted molar refractivity (Wildman–Crippen MR) is 83.4 cm³/mol. The van der Waals surface area contributed by atoms with E-state index >= 15 is 0 Å². The number of benzene rings is 1. The van der Waals surface area contributed by atoms with E-state index in [0.717, 1.165) is 10.6 Å². The van der Waals surface area contributed by atoms with E-state index in [1.165, 1.54) is 0 Å². The van der Waals surface area contributed by atoms with Crippen LogP contribution in [0, 0.1) is 0 Å². The molecule has 1 nitrogen and oxygen atoms in total. The number of hydrogen-bond acceptors (Lipinski definition) is 1. The van der Waals surface area contributed by atoms with E-state index in [2.05, 4.69) is 33.9 Å². The lowest BCUT2D eigenvalue weighted by Gasteiger charge is -2.35. The highest BCUT2D eigenvalue weighted by Crippen LogP contribution is 2.36. The van der Waals surface area contributed by atoms with Crippen molar-refractivity contribution in [1.29, 1.82) is 0 Å². The van der Waals surface area contributed by atoms with Crippen molar-refractivity contribution < 1.29 is 4.43 Å². The number of rotatable bonds is 4. The predicted octanol–water partition coefficient (Wildman–Crippen LogP) is 5.29. The molecule has 1 aromatic rings. The molecule has 0 aliphatic rings. The van der Waals surface area contributed by atoms with Crippen molar-refractivity contribution in [1.82, 2.24) is 0 Å². The van der Waals surface area contributed by atoms with Crippen LogP contribution in [0.1, 0.15) is 26.3 Å². The third kappa shape index (κ3) is 4.27. The quantitative estimate of drug-likeness (QED) is 0.682. The average molecular weight is 283 g/mol. The molecule has 0 saturated carbocycles. The zero-order valence-corrected chi connectivity index (χ0v) is 13.7. The van der Waals surface area contributed by atoms with Crippen molar-refractivity contribution in [3.8, 4) is 0 Å². The fourth-order valence-corrected chi connectivity index (χ4v) is 2.38. The van der Waals surface area contributed by atoms with E-state index in [1.807, 2.05) is 36.4 Å². The largest absolute Gasteiger partial charge is 0.413 e. The van der Waals surface area contributed by atoms with Crippen LogP contribution in [0.5, 0.6) is 0 Å². The van der Waals surface area contributed by atoms with Gasteiger partial charge in [-0.15, -0.1) is 0 Å². The second-order valence-electron chi connectivity index (χ2n) is 5.99. The molecule has 0 atom stereocenters. The fourth-order valence-electron chi connectivity index (χ4n) is 1.25. The highest BCUT2D eigenvalue weighted by atomic mass is 35.5. The second-order valence-corrected chi connectivity index (χ2v) is 11.2. The molecule has 18 heavy (non-hydrogen) atoms. The molecular weight excluding hydrogens is 260 g/mol. The maximum absolute atomic E-state index is 6.25. The van der Waals surface area contributed by atoms with Gasteiger partial charge in [-0.3, -0.25) is 0 Å². The summed E-state index contributed by atoms with van der Waals surface area (Å²) in [6.07, 6.45) is 1.96. The Morgan fingerprint density at radius 3 is 2.28 bits per heavy atom. The van der Waals surface area contributed by atoms with Crippen LogP contribution >= 0.6 is 11.6 Å². The van der Waals surface area contributed by atoms with Crippen LogP contribution < -0.4 is 0 Å². The summed E-state index contributed by atoms with van der Waals surface area (Å²) >= 11 is 6.25. The lowest BCUT2D eigenvalue weighted by Crippen LogP contribution is -2.40. The van der Waals surface area contributed by atoms with Gasteiger partial charge in [0, 0.05) is 5.03 Å². The molecule has 1 aromatic carbocycles. The standard InChI is InChI=1S/C15H23ClOSi/c1-15(2,3)18(4,5)17-12-11-14(16)13-9-7-6-8-10-13/h6-11H,12H2,1-5H3. The Hall–Kier alpha value is -0.573. The Bertz CT molecular complexity index is 404.